The van der Waals surface area contributed by atoms with E-state index in [0.717, 1.165) is 5.69 Å². The second kappa shape index (κ2) is 4.99. The molecule has 0 saturated carbocycles. The maximum atomic E-state index is 12.0. The molecule has 0 bridgehead atoms. The van der Waals surface area contributed by atoms with Gasteiger partial charge in [-0.2, -0.15) is 5.10 Å². The van der Waals surface area contributed by atoms with Crippen molar-refractivity contribution >= 4 is 11.9 Å². The number of amides is 1. The van der Waals surface area contributed by atoms with E-state index in [1.807, 2.05) is 0 Å². The van der Waals surface area contributed by atoms with Gasteiger partial charge in [0.25, 0.3) is 5.91 Å². The molecule has 0 aromatic carbocycles. The van der Waals surface area contributed by atoms with Gasteiger partial charge >= 0.3 is 5.97 Å². The van der Waals surface area contributed by atoms with Crippen LogP contribution < -0.4 is 0 Å². The lowest BCUT2D eigenvalue weighted by atomic mass is 10.0. The van der Waals surface area contributed by atoms with E-state index in [2.05, 4.69) is 10.2 Å². The van der Waals surface area contributed by atoms with Gasteiger partial charge in [0.1, 0.15) is 11.7 Å². The molecule has 0 spiro atoms. The number of carbonyl (C=O) groups excluding carboxylic acids is 1. The fourth-order valence-electron chi connectivity index (χ4n) is 1.73. The molecular weight excluding hydrogens is 222 g/mol. The van der Waals surface area contributed by atoms with Gasteiger partial charge in [-0.15, -0.1) is 0 Å². The van der Waals surface area contributed by atoms with Gasteiger partial charge in [-0.1, -0.05) is 13.8 Å². The molecule has 1 amide bonds. The molecule has 2 N–H and O–H groups in total. The third-order valence-corrected chi connectivity index (χ3v) is 2.55. The lowest BCUT2D eigenvalue weighted by Crippen LogP contribution is -2.45. The van der Waals surface area contributed by atoms with Crippen molar-refractivity contribution in [3.63, 3.8) is 0 Å². The van der Waals surface area contributed by atoms with Crippen molar-refractivity contribution < 1.29 is 14.7 Å². The van der Waals surface area contributed by atoms with Gasteiger partial charge < -0.3 is 10.0 Å². The number of nitrogens with zero attached hydrogens (tertiary/aromatic N) is 2. The quantitative estimate of drug-likeness (QED) is 0.817. The molecule has 6 heteroatoms. The maximum Gasteiger partial charge on any atom is 0.326 e. The van der Waals surface area contributed by atoms with Crippen molar-refractivity contribution in [2.75, 3.05) is 7.05 Å². The van der Waals surface area contributed by atoms with E-state index in [1.165, 1.54) is 11.9 Å². The number of carboxylic acids is 1. The van der Waals surface area contributed by atoms with Crippen molar-refractivity contribution in [1.82, 2.24) is 15.1 Å². The molecule has 0 aliphatic heterocycles. The highest BCUT2D eigenvalue weighted by molar-refractivity contribution is 5.94. The number of aromatic nitrogens is 2. The third-order valence-electron chi connectivity index (χ3n) is 2.55. The van der Waals surface area contributed by atoms with Gasteiger partial charge in [0.15, 0.2) is 0 Å². The summed E-state index contributed by atoms with van der Waals surface area (Å²) in [6.45, 7) is 5.30. The summed E-state index contributed by atoms with van der Waals surface area (Å²) in [6.07, 6.45) is 0. The Morgan fingerprint density at radius 1 is 1.47 bits per heavy atom. The number of hydrogen-bond acceptors (Lipinski definition) is 3. The molecular formula is C11H17N3O3. The summed E-state index contributed by atoms with van der Waals surface area (Å²) in [7, 11) is 1.48. The van der Waals surface area contributed by atoms with Crippen LogP contribution in [0.15, 0.2) is 6.07 Å². The zero-order chi connectivity index (χ0) is 13.2. The van der Waals surface area contributed by atoms with Gasteiger partial charge in [0, 0.05) is 12.7 Å². The number of hydrogen-bond donors (Lipinski definition) is 2. The van der Waals surface area contributed by atoms with E-state index < -0.39 is 17.9 Å². The largest absolute Gasteiger partial charge is 0.480 e. The van der Waals surface area contributed by atoms with Crippen LogP contribution in [0.25, 0.3) is 0 Å². The molecule has 94 valence electrons. The number of aromatic amines is 1. The zero-order valence-electron chi connectivity index (χ0n) is 10.4. The van der Waals surface area contributed by atoms with Crippen molar-refractivity contribution in [3.8, 4) is 0 Å². The average Bonchev–Trinajstić information content (AvgIpc) is 2.62. The Kier molecular flexibility index (Phi) is 3.88. The Morgan fingerprint density at radius 2 is 2.06 bits per heavy atom. The highest BCUT2D eigenvalue weighted by Crippen LogP contribution is 2.12. The molecule has 0 aliphatic rings. The van der Waals surface area contributed by atoms with E-state index in [9.17, 15) is 9.59 Å². The van der Waals surface area contributed by atoms with Crippen LogP contribution >= 0.6 is 0 Å². The molecule has 1 aromatic rings. The molecule has 0 fully saturated rings. The Morgan fingerprint density at radius 3 is 2.41 bits per heavy atom. The van der Waals surface area contributed by atoms with Gasteiger partial charge in [-0.05, 0) is 18.9 Å². The molecule has 17 heavy (non-hydrogen) atoms. The van der Waals surface area contributed by atoms with Gasteiger partial charge in [-0.25, -0.2) is 4.79 Å². The SMILES string of the molecule is Cc1cc(C(=O)N(C)C(C(=O)O)C(C)C)n[nH]1. The topological polar surface area (TPSA) is 86.3 Å². The zero-order valence-corrected chi connectivity index (χ0v) is 10.4. The second-order valence-electron chi connectivity index (χ2n) is 4.38. The van der Waals surface area contributed by atoms with Gasteiger partial charge in [0.05, 0.1) is 0 Å². The second-order valence-corrected chi connectivity index (χ2v) is 4.38. The predicted molar refractivity (Wildman–Crippen MR) is 61.7 cm³/mol. The molecule has 1 unspecified atom stereocenters. The number of carboxylic acid groups (broad SMARTS) is 1. The molecule has 1 aromatic heterocycles. The molecule has 6 nitrogen and oxygen atoms in total. The van der Waals surface area contributed by atoms with Crippen LogP contribution in [0.5, 0.6) is 0 Å². The summed E-state index contributed by atoms with van der Waals surface area (Å²) >= 11 is 0. The molecule has 0 saturated heterocycles. The van der Waals surface area contributed by atoms with Crippen molar-refractivity contribution in [2.45, 2.75) is 26.8 Å². The first kappa shape index (κ1) is 13.2. The third kappa shape index (κ3) is 2.83. The standard InChI is InChI=1S/C11H17N3O3/c1-6(2)9(11(16)17)14(4)10(15)8-5-7(3)12-13-8/h5-6,9H,1-4H3,(H,12,13)(H,16,17). The Hall–Kier alpha value is -1.85. The van der Waals surface area contributed by atoms with Crippen LogP contribution in [0.4, 0.5) is 0 Å². The highest BCUT2D eigenvalue weighted by atomic mass is 16.4. The molecule has 1 atom stereocenters. The van der Waals surface area contributed by atoms with E-state index in [0.29, 0.717) is 0 Å². The summed E-state index contributed by atoms with van der Waals surface area (Å²) in [5.74, 6) is -1.57. The summed E-state index contributed by atoms with van der Waals surface area (Å²) < 4.78 is 0. The summed E-state index contributed by atoms with van der Waals surface area (Å²) in [6, 6.07) is 0.748. The fraction of sp³-hybridized carbons (Fsp3) is 0.545. The number of rotatable bonds is 4. The van der Waals surface area contributed by atoms with Crippen molar-refractivity contribution in [2.24, 2.45) is 5.92 Å². The maximum absolute atomic E-state index is 12.0. The molecule has 1 heterocycles. The van der Waals surface area contributed by atoms with Crippen LogP contribution in [-0.4, -0.2) is 45.2 Å². The van der Waals surface area contributed by atoms with E-state index >= 15 is 0 Å². The minimum absolute atomic E-state index is 0.165. The summed E-state index contributed by atoms with van der Waals surface area (Å²) in [4.78, 5) is 24.3. The lowest BCUT2D eigenvalue weighted by molar-refractivity contribution is -0.143. The number of aliphatic carboxylic acids is 1. The van der Waals surface area contributed by atoms with Crippen LogP contribution in [-0.2, 0) is 4.79 Å². The Bertz CT molecular complexity index is 425. The van der Waals surface area contributed by atoms with Crippen molar-refractivity contribution in [3.05, 3.63) is 17.5 Å². The van der Waals surface area contributed by atoms with Crippen LogP contribution in [0.3, 0.4) is 0 Å². The van der Waals surface area contributed by atoms with E-state index in [1.54, 1.807) is 26.8 Å². The molecule has 0 radical (unpaired) electrons. The van der Waals surface area contributed by atoms with E-state index in [4.69, 9.17) is 5.11 Å². The Balaban J connectivity index is 2.91. The average molecular weight is 239 g/mol. The van der Waals surface area contributed by atoms with Gasteiger partial charge in [0.2, 0.25) is 0 Å². The first-order chi connectivity index (χ1) is 7.84. The highest BCUT2D eigenvalue weighted by Gasteiger charge is 2.30. The fourth-order valence-corrected chi connectivity index (χ4v) is 1.73. The number of likely N-dealkylation sites (N-methyl/N-ethyl adjacent to an activating group) is 1. The smallest absolute Gasteiger partial charge is 0.326 e. The Labute approximate surface area is 99.6 Å². The first-order valence-electron chi connectivity index (χ1n) is 5.36. The van der Waals surface area contributed by atoms with Gasteiger partial charge in [-0.3, -0.25) is 9.89 Å². The number of carbonyl (C=O) groups is 2. The number of nitrogens with one attached hydrogen (secondary N) is 1. The predicted octanol–water partition coefficient (Wildman–Crippen LogP) is 0.899. The summed E-state index contributed by atoms with van der Waals surface area (Å²) in [5, 5.41) is 15.6. The van der Waals surface area contributed by atoms with E-state index in [-0.39, 0.29) is 11.6 Å². The monoisotopic (exact) mass is 239 g/mol. The minimum Gasteiger partial charge on any atom is -0.480 e. The number of H-pyrrole nitrogens is 1. The molecule has 1 rings (SSSR count). The van der Waals surface area contributed by atoms with Crippen LogP contribution in [0, 0.1) is 12.8 Å². The first-order valence-corrected chi connectivity index (χ1v) is 5.36. The molecule has 0 aliphatic carbocycles. The van der Waals surface area contributed by atoms with Crippen LogP contribution in [0.1, 0.15) is 30.0 Å². The summed E-state index contributed by atoms with van der Waals surface area (Å²) in [5.41, 5.74) is 0.995. The van der Waals surface area contributed by atoms with Crippen LogP contribution in [0.2, 0.25) is 0 Å². The minimum atomic E-state index is -1.01. The normalized spacial score (nSPS) is 12.5. The lowest BCUT2D eigenvalue weighted by Gasteiger charge is -2.26. The number of aryl methyl sites for hydroxylation is 1. The van der Waals surface area contributed by atoms with Crippen molar-refractivity contribution in [1.29, 1.82) is 0 Å².